The van der Waals surface area contributed by atoms with Crippen LogP contribution in [0.5, 0.6) is 0 Å². The largest absolute Gasteiger partial charge is 0.376 e. The molecule has 1 aliphatic rings. The molecule has 3 aromatic rings. The lowest BCUT2D eigenvalue weighted by atomic mass is 10.1. The Morgan fingerprint density at radius 3 is 2.81 bits per heavy atom. The molecule has 1 atom stereocenters. The Morgan fingerprint density at radius 2 is 2.00 bits per heavy atom. The van der Waals surface area contributed by atoms with Crippen molar-refractivity contribution in [1.82, 2.24) is 20.2 Å². The number of aromatic amines is 1. The lowest BCUT2D eigenvalue weighted by molar-refractivity contribution is 0.0907. The predicted octanol–water partition coefficient (Wildman–Crippen LogP) is 4.23. The van der Waals surface area contributed by atoms with Gasteiger partial charge in [0.1, 0.15) is 5.82 Å². The average molecular weight is 533 g/mol. The van der Waals surface area contributed by atoms with Crippen molar-refractivity contribution in [2.75, 3.05) is 32.8 Å². The molecule has 0 radical (unpaired) electrons. The van der Waals surface area contributed by atoms with E-state index in [1.54, 1.807) is 0 Å². The number of nitrogens with one attached hydrogen (secondary N) is 2. The van der Waals surface area contributed by atoms with E-state index in [4.69, 9.17) is 9.73 Å². The summed E-state index contributed by atoms with van der Waals surface area (Å²) in [7, 11) is 0. The summed E-state index contributed by atoms with van der Waals surface area (Å²) in [6.07, 6.45) is 1.95. The topological polar surface area (TPSA) is 65.5 Å². The van der Waals surface area contributed by atoms with E-state index in [1.165, 1.54) is 5.56 Å². The van der Waals surface area contributed by atoms with Crippen LogP contribution in [-0.4, -0.2) is 53.6 Å². The number of H-pyrrole nitrogens is 1. The van der Waals surface area contributed by atoms with E-state index >= 15 is 0 Å². The van der Waals surface area contributed by atoms with Crippen molar-refractivity contribution in [1.29, 1.82) is 0 Å². The van der Waals surface area contributed by atoms with Gasteiger partial charge in [0.15, 0.2) is 5.96 Å². The maximum atomic E-state index is 5.96. The zero-order chi connectivity index (χ0) is 20.6. The highest BCUT2D eigenvalue weighted by atomic mass is 127. The van der Waals surface area contributed by atoms with Crippen LogP contribution in [0.15, 0.2) is 59.6 Å². The molecule has 31 heavy (non-hydrogen) atoms. The van der Waals surface area contributed by atoms with Crippen molar-refractivity contribution in [3.05, 3.63) is 66.0 Å². The Hall–Kier alpha value is -2.13. The van der Waals surface area contributed by atoms with Gasteiger partial charge in [-0.3, -0.25) is 4.99 Å². The van der Waals surface area contributed by atoms with Crippen molar-refractivity contribution in [2.45, 2.75) is 26.4 Å². The highest BCUT2D eigenvalue weighted by Crippen LogP contribution is 2.17. The molecule has 7 heteroatoms. The number of guanidine groups is 1. The van der Waals surface area contributed by atoms with Gasteiger partial charge in [0, 0.05) is 38.5 Å². The maximum absolute atomic E-state index is 5.96. The number of likely N-dealkylation sites (tertiary alicyclic amines) is 1. The number of ether oxygens (including phenoxy) is 1. The van der Waals surface area contributed by atoms with Crippen molar-refractivity contribution in [3.63, 3.8) is 0 Å². The normalized spacial score (nSPS) is 16.5. The molecule has 6 nitrogen and oxygen atoms in total. The van der Waals surface area contributed by atoms with Crippen molar-refractivity contribution in [3.8, 4) is 0 Å². The molecule has 0 bridgehead atoms. The minimum atomic E-state index is 0. The van der Waals surface area contributed by atoms with Crippen LogP contribution < -0.4 is 5.32 Å². The molecule has 0 saturated carbocycles. The van der Waals surface area contributed by atoms with Crippen LogP contribution in [0.4, 0.5) is 0 Å². The van der Waals surface area contributed by atoms with Gasteiger partial charge >= 0.3 is 0 Å². The zero-order valence-electron chi connectivity index (χ0n) is 18.1. The predicted molar refractivity (Wildman–Crippen MR) is 137 cm³/mol. The summed E-state index contributed by atoms with van der Waals surface area (Å²) in [6, 6.07) is 18.5. The van der Waals surface area contributed by atoms with Gasteiger partial charge in [0.25, 0.3) is 0 Å². The molecule has 0 aliphatic carbocycles. The second kappa shape index (κ2) is 12.0. The number of benzene rings is 2. The molecule has 1 aliphatic heterocycles. The molecule has 0 spiro atoms. The summed E-state index contributed by atoms with van der Waals surface area (Å²) in [4.78, 5) is 15.2. The quantitative estimate of drug-likeness (QED) is 0.259. The minimum Gasteiger partial charge on any atom is -0.376 e. The molecular weight excluding hydrogens is 501 g/mol. The van der Waals surface area contributed by atoms with Crippen LogP contribution >= 0.6 is 24.0 Å². The van der Waals surface area contributed by atoms with Crippen LogP contribution in [-0.2, 0) is 17.8 Å². The van der Waals surface area contributed by atoms with Crippen molar-refractivity contribution in [2.24, 2.45) is 10.9 Å². The lowest BCUT2D eigenvalue weighted by Crippen LogP contribution is -2.40. The van der Waals surface area contributed by atoms with Gasteiger partial charge < -0.3 is 19.9 Å². The van der Waals surface area contributed by atoms with Crippen LogP contribution in [0.1, 0.15) is 24.7 Å². The summed E-state index contributed by atoms with van der Waals surface area (Å²) < 4.78 is 5.96. The Morgan fingerprint density at radius 1 is 1.19 bits per heavy atom. The van der Waals surface area contributed by atoms with Gasteiger partial charge in [-0.05, 0) is 31.0 Å². The highest BCUT2D eigenvalue weighted by molar-refractivity contribution is 14.0. The van der Waals surface area contributed by atoms with E-state index in [0.717, 1.165) is 61.9 Å². The van der Waals surface area contributed by atoms with Crippen LogP contribution in [0, 0.1) is 5.92 Å². The Balaban J connectivity index is 0.00000272. The molecule has 166 valence electrons. The number of imidazole rings is 1. The van der Waals surface area contributed by atoms with Crippen molar-refractivity contribution >= 4 is 41.0 Å². The highest BCUT2D eigenvalue weighted by Gasteiger charge is 2.25. The first-order chi connectivity index (χ1) is 14.8. The fourth-order valence-electron chi connectivity index (χ4n) is 3.90. The monoisotopic (exact) mass is 533 g/mol. The van der Waals surface area contributed by atoms with E-state index in [0.29, 0.717) is 19.1 Å². The summed E-state index contributed by atoms with van der Waals surface area (Å²) in [6.45, 7) is 7.20. The van der Waals surface area contributed by atoms with Gasteiger partial charge in [-0.2, -0.15) is 0 Å². The number of nitrogens with zero attached hydrogens (tertiary/aromatic N) is 3. The number of aliphatic imine (C=N–C) groups is 1. The number of halogens is 1. The Bertz CT molecular complexity index is 926. The second-order valence-electron chi connectivity index (χ2n) is 7.79. The van der Waals surface area contributed by atoms with Crippen LogP contribution in [0.3, 0.4) is 0 Å². The van der Waals surface area contributed by atoms with E-state index in [1.807, 2.05) is 24.3 Å². The first kappa shape index (κ1) is 23.5. The van der Waals surface area contributed by atoms with Crippen molar-refractivity contribution < 1.29 is 4.74 Å². The number of rotatable bonds is 8. The number of para-hydroxylation sites is 2. The molecule has 1 saturated heterocycles. The first-order valence-electron chi connectivity index (χ1n) is 10.9. The van der Waals surface area contributed by atoms with Gasteiger partial charge in [0.05, 0.1) is 24.2 Å². The van der Waals surface area contributed by atoms with Gasteiger partial charge in [-0.15, -0.1) is 24.0 Å². The first-order valence-corrected chi connectivity index (χ1v) is 10.9. The standard InChI is InChI=1S/C24H31N5O.HI/c1-2-25-24(26-14-12-23-27-21-10-6-7-11-22(21)28-23)29-15-13-20(16-29)18-30-17-19-8-4-3-5-9-19;/h3-11,20H,2,12-18H2,1H3,(H,25,26)(H,27,28);1H. The van der Waals surface area contributed by atoms with E-state index < -0.39 is 0 Å². The number of hydrogen-bond acceptors (Lipinski definition) is 3. The summed E-state index contributed by atoms with van der Waals surface area (Å²) in [5.74, 6) is 2.54. The zero-order valence-corrected chi connectivity index (χ0v) is 20.4. The van der Waals surface area contributed by atoms with E-state index in [-0.39, 0.29) is 24.0 Å². The molecule has 2 N–H and O–H groups in total. The second-order valence-corrected chi connectivity index (χ2v) is 7.79. The fourth-order valence-corrected chi connectivity index (χ4v) is 3.90. The third-order valence-corrected chi connectivity index (χ3v) is 5.43. The van der Waals surface area contributed by atoms with E-state index in [2.05, 4.69) is 57.4 Å². The van der Waals surface area contributed by atoms with Crippen LogP contribution in [0.2, 0.25) is 0 Å². The SMILES string of the molecule is CCNC(=NCCc1nc2ccccc2[nH]1)N1CCC(COCc2ccccc2)C1.I. The third-order valence-electron chi connectivity index (χ3n) is 5.43. The molecule has 1 unspecified atom stereocenters. The summed E-state index contributed by atoms with van der Waals surface area (Å²) in [5.41, 5.74) is 3.33. The molecule has 0 amide bonds. The van der Waals surface area contributed by atoms with Crippen LogP contribution in [0.25, 0.3) is 11.0 Å². The van der Waals surface area contributed by atoms with E-state index in [9.17, 15) is 0 Å². The Kier molecular flexibility index (Phi) is 9.14. The molecule has 1 fully saturated rings. The molecule has 1 aromatic heterocycles. The third kappa shape index (κ3) is 6.67. The smallest absolute Gasteiger partial charge is 0.193 e. The summed E-state index contributed by atoms with van der Waals surface area (Å²) in [5, 5.41) is 3.44. The number of aromatic nitrogens is 2. The van der Waals surface area contributed by atoms with Gasteiger partial charge in [-0.1, -0.05) is 42.5 Å². The minimum absolute atomic E-state index is 0. The lowest BCUT2D eigenvalue weighted by Gasteiger charge is -2.21. The van der Waals surface area contributed by atoms with Gasteiger partial charge in [0.2, 0.25) is 0 Å². The molecular formula is C24H32IN5O. The number of hydrogen-bond donors (Lipinski definition) is 2. The molecule has 2 aromatic carbocycles. The average Bonchev–Trinajstić information content (AvgIpc) is 3.40. The molecule has 2 heterocycles. The fraction of sp³-hybridized carbons (Fsp3) is 0.417. The molecule has 4 rings (SSSR count). The Labute approximate surface area is 201 Å². The number of fused-ring (bicyclic) bond motifs is 1. The maximum Gasteiger partial charge on any atom is 0.193 e. The van der Waals surface area contributed by atoms with Gasteiger partial charge in [-0.25, -0.2) is 4.98 Å². The summed E-state index contributed by atoms with van der Waals surface area (Å²) >= 11 is 0.